The summed E-state index contributed by atoms with van der Waals surface area (Å²) in [7, 11) is 0. The molecule has 0 aliphatic rings. The maximum Gasteiger partial charge on any atom is 0.261 e. The van der Waals surface area contributed by atoms with Gasteiger partial charge in [-0.3, -0.25) is 10.1 Å². The van der Waals surface area contributed by atoms with Gasteiger partial charge in [0.1, 0.15) is 11.6 Å². The Balaban J connectivity index is 2.02. The zero-order valence-electron chi connectivity index (χ0n) is 11.9. The van der Waals surface area contributed by atoms with E-state index in [4.69, 9.17) is 17.0 Å². The number of ether oxygens (including phenoxy) is 1. The number of benzene rings is 2. The van der Waals surface area contributed by atoms with Gasteiger partial charge in [-0.15, -0.1) is 0 Å². The minimum absolute atomic E-state index is 0.128. The fourth-order valence-corrected chi connectivity index (χ4v) is 2.01. The number of para-hydroxylation sites is 1. The molecular weight excluding hydrogens is 303 g/mol. The van der Waals surface area contributed by atoms with Crippen molar-refractivity contribution in [2.75, 3.05) is 11.9 Å². The molecule has 2 aromatic rings. The first-order chi connectivity index (χ1) is 10.6. The Labute approximate surface area is 133 Å². The second-order valence-corrected chi connectivity index (χ2v) is 4.75. The number of amides is 1. The molecule has 0 heterocycles. The molecule has 2 aromatic carbocycles. The van der Waals surface area contributed by atoms with Gasteiger partial charge in [0.15, 0.2) is 5.11 Å². The van der Waals surface area contributed by atoms with Crippen LogP contribution in [0.3, 0.4) is 0 Å². The Morgan fingerprint density at radius 1 is 1.18 bits per heavy atom. The number of anilines is 1. The lowest BCUT2D eigenvalue weighted by Gasteiger charge is -2.12. The zero-order valence-corrected chi connectivity index (χ0v) is 12.7. The van der Waals surface area contributed by atoms with Crippen molar-refractivity contribution >= 4 is 28.9 Å². The summed E-state index contributed by atoms with van der Waals surface area (Å²) in [5, 5.41) is 5.51. The molecule has 114 valence electrons. The van der Waals surface area contributed by atoms with Gasteiger partial charge in [0.05, 0.1) is 12.2 Å². The standard InChI is InChI=1S/C16H15FN2O2S/c1-2-21-14-6-4-3-5-13(14)15(20)19-16(22)18-12-9-7-11(17)8-10-12/h3-10H,2H2,1H3,(H2,18,19,20,22). The number of nitrogens with one attached hydrogen (secondary N) is 2. The summed E-state index contributed by atoms with van der Waals surface area (Å²) in [4.78, 5) is 12.2. The topological polar surface area (TPSA) is 50.4 Å². The molecule has 0 saturated carbocycles. The lowest BCUT2D eigenvalue weighted by atomic mass is 10.2. The molecule has 0 fully saturated rings. The average Bonchev–Trinajstić information content (AvgIpc) is 2.50. The maximum atomic E-state index is 12.8. The van der Waals surface area contributed by atoms with Gasteiger partial charge in [-0.2, -0.15) is 0 Å². The molecule has 0 aliphatic heterocycles. The van der Waals surface area contributed by atoms with E-state index < -0.39 is 0 Å². The van der Waals surface area contributed by atoms with Gasteiger partial charge >= 0.3 is 0 Å². The van der Waals surface area contributed by atoms with Gasteiger partial charge in [0, 0.05) is 5.69 Å². The third kappa shape index (κ3) is 4.26. The Morgan fingerprint density at radius 2 is 1.86 bits per heavy atom. The van der Waals surface area contributed by atoms with Gasteiger partial charge in [-0.25, -0.2) is 4.39 Å². The quantitative estimate of drug-likeness (QED) is 0.849. The predicted octanol–water partition coefficient (Wildman–Crippen LogP) is 3.35. The first-order valence-corrected chi connectivity index (χ1v) is 7.10. The van der Waals surface area contributed by atoms with Crippen LogP contribution in [0.15, 0.2) is 48.5 Å². The van der Waals surface area contributed by atoms with Gasteiger partial charge < -0.3 is 10.1 Å². The fourth-order valence-electron chi connectivity index (χ4n) is 1.80. The van der Waals surface area contributed by atoms with Crippen LogP contribution in [0.2, 0.25) is 0 Å². The molecule has 0 bridgehead atoms. The van der Waals surface area contributed by atoms with Crippen LogP contribution < -0.4 is 15.4 Å². The highest BCUT2D eigenvalue weighted by Crippen LogP contribution is 2.17. The second-order valence-electron chi connectivity index (χ2n) is 4.34. The Bertz CT molecular complexity index is 674. The highest BCUT2D eigenvalue weighted by molar-refractivity contribution is 7.80. The molecule has 1 amide bonds. The zero-order chi connectivity index (χ0) is 15.9. The van der Waals surface area contributed by atoms with E-state index in [1.807, 2.05) is 6.92 Å². The number of hydrogen-bond acceptors (Lipinski definition) is 3. The SMILES string of the molecule is CCOc1ccccc1C(=O)NC(=S)Nc1ccc(F)cc1. The van der Waals surface area contributed by atoms with Crippen LogP contribution in [-0.2, 0) is 0 Å². The molecule has 0 saturated heterocycles. The van der Waals surface area contributed by atoms with Crippen molar-refractivity contribution in [3.63, 3.8) is 0 Å². The molecule has 0 atom stereocenters. The third-order valence-corrected chi connectivity index (χ3v) is 2.96. The van der Waals surface area contributed by atoms with E-state index in [1.165, 1.54) is 24.3 Å². The molecule has 6 heteroatoms. The summed E-state index contributed by atoms with van der Waals surface area (Å²) in [5.41, 5.74) is 0.984. The van der Waals surface area contributed by atoms with Gasteiger partial charge in [0.25, 0.3) is 5.91 Å². The second kappa shape index (κ2) is 7.51. The van der Waals surface area contributed by atoms with Crippen molar-refractivity contribution in [1.29, 1.82) is 0 Å². The van der Waals surface area contributed by atoms with Crippen molar-refractivity contribution < 1.29 is 13.9 Å². The Hall–Kier alpha value is -2.47. The largest absolute Gasteiger partial charge is 0.493 e. The van der Waals surface area contributed by atoms with Crippen LogP contribution in [-0.4, -0.2) is 17.6 Å². The minimum atomic E-state index is -0.372. The number of hydrogen-bond donors (Lipinski definition) is 2. The lowest BCUT2D eigenvalue weighted by Crippen LogP contribution is -2.34. The Kier molecular flexibility index (Phi) is 5.43. The molecule has 0 spiro atoms. The van der Waals surface area contributed by atoms with E-state index in [0.29, 0.717) is 23.6 Å². The van der Waals surface area contributed by atoms with Crippen LogP contribution in [0, 0.1) is 5.82 Å². The third-order valence-electron chi connectivity index (χ3n) is 2.76. The predicted molar refractivity (Wildman–Crippen MR) is 87.7 cm³/mol. The van der Waals surface area contributed by atoms with Crippen molar-refractivity contribution in [3.05, 3.63) is 59.9 Å². The summed E-state index contributed by atoms with van der Waals surface area (Å²) in [6.07, 6.45) is 0. The molecule has 0 aliphatic carbocycles. The van der Waals surface area contributed by atoms with Crippen LogP contribution in [0.5, 0.6) is 5.75 Å². The molecule has 2 N–H and O–H groups in total. The van der Waals surface area contributed by atoms with E-state index in [-0.39, 0.29) is 16.8 Å². The molecule has 22 heavy (non-hydrogen) atoms. The fraction of sp³-hybridized carbons (Fsp3) is 0.125. The minimum Gasteiger partial charge on any atom is -0.493 e. The lowest BCUT2D eigenvalue weighted by molar-refractivity contribution is 0.0974. The van der Waals surface area contributed by atoms with Crippen LogP contribution in [0.25, 0.3) is 0 Å². The summed E-state index contributed by atoms with van der Waals surface area (Å²) in [5.74, 6) is -0.220. The van der Waals surface area contributed by atoms with Crippen LogP contribution in [0.1, 0.15) is 17.3 Å². The van der Waals surface area contributed by atoms with E-state index in [9.17, 15) is 9.18 Å². The van der Waals surface area contributed by atoms with Crippen LogP contribution >= 0.6 is 12.2 Å². The van der Waals surface area contributed by atoms with Crippen molar-refractivity contribution in [3.8, 4) is 5.75 Å². The molecular formula is C16H15FN2O2S. The first kappa shape index (κ1) is 15.9. The normalized spacial score (nSPS) is 9.91. The highest BCUT2D eigenvalue weighted by atomic mass is 32.1. The molecule has 0 radical (unpaired) electrons. The van der Waals surface area contributed by atoms with Crippen molar-refractivity contribution in [2.24, 2.45) is 0 Å². The molecule has 4 nitrogen and oxygen atoms in total. The monoisotopic (exact) mass is 318 g/mol. The molecule has 0 unspecified atom stereocenters. The van der Waals surface area contributed by atoms with E-state index in [0.717, 1.165) is 0 Å². The number of carbonyl (C=O) groups is 1. The van der Waals surface area contributed by atoms with Gasteiger partial charge in [-0.05, 0) is 55.5 Å². The van der Waals surface area contributed by atoms with E-state index >= 15 is 0 Å². The maximum absolute atomic E-state index is 12.8. The number of halogens is 1. The Morgan fingerprint density at radius 3 is 2.55 bits per heavy atom. The summed E-state index contributed by atoms with van der Waals surface area (Å²) in [6.45, 7) is 2.30. The summed E-state index contributed by atoms with van der Waals surface area (Å²) >= 11 is 5.08. The van der Waals surface area contributed by atoms with E-state index in [1.54, 1.807) is 24.3 Å². The number of thiocarbonyl (C=S) groups is 1. The van der Waals surface area contributed by atoms with E-state index in [2.05, 4.69) is 10.6 Å². The van der Waals surface area contributed by atoms with Gasteiger partial charge in [0.2, 0.25) is 0 Å². The number of rotatable bonds is 4. The summed E-state index contributed by atoms with van der Waals surface area (Å²) < 4.78 is 18.2. The number of carbonyl (C=O) groups excluding carboxylic acids is 1. The average molecular weight is 318 g/mol. The van der Waals surface area contributed by atoms with Crippen LogP contribution in [0.4, 0.5) is 10.1 Å². The highest BCUT2D eigenvalue weighted by Gasteiger charge is 2.13. The summed E-state index contributed by atoms with van der Waals surface area (Å²) in [6, 6.07) is 12.6. The first-order valence-electron chi connectivity index (χ1n) is 6.70. The van der Waals surface area contributed by atoms with Crippen molar-refractivity contribution in [2.45, 2.75) is 6.92 Å². The smallest absolute Gasteiger partial charge is 0.261 e. The van der Waals surface area contributed by atoms with Gasteiger partial charge in [-0.1, -0.05) is 12.1 Å². The molecule has 0 aromatic heterocycles. The van der Waals surface area contributed by atoms with Crippen molar-refractivity contribution in [1.82, 2.24) is 5.32 Å². The molecule has 2 rings (SSSR count).